The zero-order valence-electron chi connectivity index (χ0n) is 44.5. The van der Waals surface area contributed by atoms with Crippen LogP contribution in [0.1, 0.15) is 43.5 Å². The minimum absolute atomic E-state index is 0.118. The smallest absolute Gasteiger partial charge is 0.345 e. The number of thiophene rings is 1. The van der Waals surface area contributed by atoms with Crippen LogP contribution in [0, 0.1) is 27.7 Å². The molecular formula is C60H51N5O14S2. The van der Waals surface area contributed by atoms with Crippen molar-refractivity contribution in [3.05, 3.63) is 178 Å². The molecule has 412 valence electrons. The molecular weight excluding hydrogens is 1080 g/mol. The molecule has 3 N–H and O–H groups in total. The van der Waals surface area contributed by atoms with E-state index in [1.54, 1.807) is 99.4 Å². The van der Waals surface area contributed by atoms with Gasteiger partial charge in [0, 0.05) is 58.0 Å². The monoisotopic (exact) mass is 1130 g/mol. The predicted molar refractivity (Wildman–Crippen MR) is 307 cm³/mol. The highest BCUT2D eigenvalue weighted by molar-refractivity contribution is 7.20. The number of fused-ring (bicyclic) bond motifs is 4. The fourth-order valence-electron chi connectivity index (χ4n) is 7.79. The number of hydrogen-bond acceptors (Lipinski definition) is 20. The average molecular weight is 1130 g/mol. The molecule has 0 radical (unpaired) electrons. The van der Waals surface area contributed by atoms with Gasteiger partial charge >= 0.3 is 5.97 Å². The van der Waals surface area contributed by atoms with Crippen molar-refractivity contribution in [3.8, 4) is 63.4 Å². The van der Waals surface area contributed by atoms with Crippen molar-refractivity contribution >= 4 is 83.8 Å². The van der Waals surface area contributed by atoms with Gasteiger partial charge in [-0.1, -0.05) is 59.8 Å². The largest absolute Gasteiger partial charge is 0.507 e. The van der Waals surface area contributed by atoms with Crippen LogP contribution < -0.4 is 14.2 Å². The standard InChI is InChI=1S/C13H11NO3.C13H11NO2S.C12H9NO3.C11H10N2O2.C11H10O4S/c1-8-6-12(17-14-8)11-7-9-4-3-5-10(15-2)13(9)16-11;1-8-14-10(7-17-8)13-6-9-11(15-2)4-3-5-12(9)16-13;1-7-6-13-12(15-7)10-5-8-3-2-4-9(14)11(8)16-10;1-8-12-13-11(15-8)7-6-9-4-2-3-5-10(9)14;1-14-6-15-8-3-2-4-9-7(8)5-10(16-9)11(12)13/h2*3-7H,1-2H3;2-6,14H,1H3;2-7,14H,1H3;2-5H,6H2,1H3,(H,12,13)/b;;;7-6+;. The Bertz CT molecular complexity index is 4130. The summed E-state index contributed by atoms with van der Waals surface area (Å²) >= 11 is 2.85. The van der Waals surface area contributed by atoms with Gasteiger partial charge in [0.15, 0.2) is 46.7 Å². The molecule has 0 bridgehead atoms. The number of phenols is 2. The number of aromatic hydroxyl groups is 2. The zero-order valence-corrected chi connectivity index (χ0v) is 46.2. The summed E-state index contributed by atoms with van der Waals surface area (Å²) < 4.78 is 54.3. The molecule has 0 atom stereocenters. The van der Waals surface area contributed by atoms with Crippen molar-refractivity contribution in [2.24, 2.45) is 0 Å². The molecule has 0 aliphatic rings. The van der Waals surface area contributed by atoms with Gasteiger partial charge in [0.2, 0.25) is 17.5 Å². The quantitative estimate of drug-likeness (QED) is 0.102. The number of carboxylic acid groups (broad SMARTS) is 1. The van der Waals surface area contributed by atoms with E-state index in [0.29, 0.717) is 62.5 Å². The van der Waals surface area contributed by atoms with Gasteiger partial charge in [0.25, 0.3) is 5.89 Å². The number of aromatic nitrogens is 5. The number of carboxylic acids is 1. The van der Waals surface area contributed by atoms with Gasteiger partial charge in [-0.05, 0) is 93.6 Å². The number of phenolic OH excluding ortho intramolecular Hbond substituents is 2. The Morgan fingerprint density at radius 1 is 0.654 bits per heavy atom. The third-order valence-electron chi connectivity index (χ3n) is 11.5. The molecule has 19 nitrogen and oxygen atoms in total. The molecule has 0 saturated carbocycles. The van der Waals surface area contributed by atoms with E-state index in [1.807, 2.05) is 105 Å². The number of aromatic carboxylic acids is 1. The first-order chi connectivity index (χ1) is 39.3. The number of carbonyl (C=O) groups is 1. The Hall–Kier alpha value is -9.96. The number of oxazole rings is 1. The van der Waals surface area contributed by atoms with Crippen molar-refractivity contribution in [1.82, 2.24) is 25.3 Å². The van der Waals surface area contributed by atoms with Gasteiger partial charge < -0.3 is 60.9 Å². The highest BCUT2D eigenvalue weighted by Crippen LogP contribution is 2.37. The van der Waals surface area contributed by atoms with E-state index in [4.69, 9.17) is 50.7 Å². The van der Waals surface area contributed by atoms with Crippen molar-refractivity contribution < 1.29 is 65.7 Å². The summed E-state index contributed by atoms with van der Waals surface area (Å²) in [6, 6.07) is 38.4. The van der Waals surface area contributed by atoms with Crippen LogP contribution in [-0.4, -0.2) is 74.7 Å². The molecule has 5 aromatic carbocycles. The van der Waals surface area contributed by atoms with E-state index >= 15 is 0 Å². The van der Waals surface area contributed by atoms with Gasteiger partial charge in [-0.2, -0.15) is 0 Å². The Morgan fingerprint density at radius 3 is 2.05 bits per heavy atom. The molecule has 0 aliphatic carbocycles. The molecule has 13 aromatic rings. The number of rotatable bonds is 11. The lowest BCUT2D eigenvalue weighted by atomic mass is 10.2. The molecule has 0 amide bonds. The summed E-state index contributed by atoms with van der Waals surface area (Å²) in [5.41, 5.74) is 4.42. The van der Waals surface area contributed by atoms with Gasteiger partial charge in [0.1, 0.15) is 39.2 Å². The lowest BCUT2D eigenvalue weighted by Gasteiger charge is -2.04. The molecule has 21 heteroatoms. The van der Waals surface area contributed by atoms with E-state index in [0.717, 1.165) is 71.1 Å². The highest BCUT2D eigenvalue weighted by Gasteiger charge is 2.16. The molecule has 13 rings (SSSR count). The summed E-state index contributed by atoms with van der Waals surface area (Å²) in [6.45, 7) is 7.55. The van der Waals surface area contributed by atoms with Crippen molar-refractivity contribution in [2.45, 2.75) is 27.7 Å². The van der Waals surface area contributed by atoms with Crippen molar-refractivity contribution in [2.75, 3.05) is 28.1 Å². The molecule has 0 aliphatic heterocycles. The number of ether oxygens (including phenoxy) is 4. The Morgan fingerprint density at radius 2 is 1.37 bits per heavy atom. The second kappa shape index (κ2) is 25.7. The van der Waals surface area contributed by atoms with E-state index in [1.165, 1.54) is 18.4 Å². The van der Waals surface area contributed by atoms with Crippen molar-refractivity contribution in [1.29, 1.82) is 0 Å². The third kappa shape index (κ3) is 13.7. The fraction of sp³-hybridized carbons (Fsp3) is 0.133. The second-order valence-corrected chi connectivity index (χ2v) is 19.5. The van der Waals surface area contributed by atoms with Crippen LogP contribution in [0.2, 0.25) is 0 Å². The second-order valence-electron chi connectivity index (χ2n) is 17.3. The molecule has 0 saturated heterocycles. The van der Waals surface area contributed by atoms with Crippen molar-refractivity contribution in [3.63, 3.8) is 0 Å². The number of nitrogens with zero attached hydrogens (tertiary/aromatic N) is 5. The first-order valence-electron chi connectivity index (χ1n) is 24.5. The fourth-order valence-corrected chi connectivity index (χ4v) is 9.31. The molecule has 0 unspecified atom stereocenters. The van der Waals surface area contributed by atoms with Gasteiger partial charge in [-0.25, -0.2) is 14.8 Å². The number of hydrogen-bond donors (Lipinski definition) is 3. The van der Waals surface area contributed by atoms with Gasteiger partial charge in [-0.3, -0.25) is 0 Å². The molecule has 0 fully saturated rings. The van der Waals surface area contributed by atoms with E-state index in [2.05, 4.69) is 25.3 Å². The number of benzene rings is 5. The number of aryl methyl sites for hydroxylation is 4. The molecule has 81 heavy (non-hydrogen) atoms. The van der Waals surface area contributed by atoms with Gasteiger partial charge in [0.05, 0.1) is 36.5 Å². The highest BCUT2D eigenvalue weighted by atomic mass is 32.1. The van der Waals surface area contributed by atoms with Crippen LogP contribution in [0.5, 0.6) is 28.7 Å². The number of methoxy groups -OCH3 is 3. The topological polar surface area (TPSA) is 258 Å². The SMILES string of the molecule is COCOc1cccc2sc(C(=O)O)cc12.COc1cccc2cc(-c3cc(C)no3)oc12.COc1cccc2oc(-c3csc(C)n3)cc12.Cc1cnc(-c2cc3cccc(O)c3o2)o1.Cc1nnc(/C=C/c2ccccc2O)o1. The Balaban J connectivity index is 0.000000122. The Kier molecular flexibility index (Phi) is 17.7. The normalized spacial score (nSPS) is 10.9. The lowest BCUT2D eigenvalue weighted by molar-refractivity contribution is 0.0522. The third-order valence-corrected chi connectivity index (χ3v) is 13.4. The molecule has 8 aromatic heterocycles. The minimum atomic E-state index is -0.918. The maximum atomic E-state index is 10.8. The first-order valence-corrected chi connectivity index (χ1v) is 26.2. The maximum Gasteiger partial charge on any atom is 0.345 e. The van der Waals surface area contributed by atoms with Gasteiger partial charge in [-0.15, -0.1) is 32.9 Å². The average Bonchev–Trinajstić information content (AvgIpc) is 4.40. The van der Waals surface area contributed by atoms with E-state index < -0.39 is 5.97 Å². The molecule has 0 spiro atoms. The zero-order chi connectivity index (χ0) is 57.0. The lowest BCUT2D eigenvalue weighted by Crippen LogP contribution is -1.98. The summed E-state index contributed by atoms with van der Waals surface area (Å²) in [5, 5.41) is 45.9. The minimum Gasteiger partial charge on any atom is -0.507 e. The number of furan rings is 3. The summed E-state index contributed by atoms with van der Waals surface area (Å²) in [6.07, 6.45) is 5.01. The van der Waals surface area contributed by atoms with Crippen LogP contribution in [0.25, 0.3) is 89.8 Å². The van der Waals surface area contributed by atoms with Crippen LogP contribution >= 0.6 is 22.7 Å². The van der Waals surface area contributed by atoms with Crippen LogP contribution in [0.3, 0.4) is 0 Å². The summed E-state index contributed by atoms with van der Waals surface area (Å²) in [5.74, 6) is 6.29. The van der Waals surface area contributed by atoms with E-state index in [-0.39, 0.29) is 18.3 Å². The Labute approximate surface area is 469 Å². The number of para-hydroxylation sites is 3. The number of thiazole rings is 1. The predicted octanol–water partition coefficient (Wildman–Crippen LogP) is 15.2. The van der Waals surface area contributed by atoms with Crippen LogP contribution in [-0.2, 0) is 4.74 Å². The summed E-state index contributed by atoms with van der Waals surface area (Å²) in [4.78, 5) is 19.6. The summed E-state index contributed by atoms with van der Waals surface area (Å²) in [7, 11) is 4.82. The van der Waals surface area contributed by atoms with Crippen LogP contribution in [0.15, 0.2) is 166 Å². The molecule has 8 heterocycles. The van der Waals surface area contributed by atoms with Crippen LogP contribution in [0.4, 0.5) is 0 Å². The maximum absolute atomic E-state index is 10.8. The first kappa shape index (κ1) is 55.8. The van der Waals surface area contributed by atoms with E-state index in [9.17, 15) is 15.0 Å².